The molecule has 4 amide bonds. The molecular formula is C82H66N8O4. The molecule has 12 nitrogen and oxygen atoms in total. The molecule has 458 valence electrons. The minimum absolute atomic E-state index is 0.250. The van der Waals surface area contributed by atoms with Gasteiger partial charge in [-0.25, -0.2) is 9.97 Å². The molecule has 0 radical (unpaired) electrons. The highest BCUT2D eigenvalue weighted by molar-refractivity contribution is 6.11. The van der Waals surface area contributed by atoms with E-state index in [1.54, 1.807) is 0 Å². The van der Waals surface area contributed by atoms with E-state index in [-0.39, 0.29) is 29.0 Å². The molecule has 94 heavy (non-hydrogen) atoms. The molecule has 15 rings (SSSR count). The Labute approximate surface area is 544 Å². The van der Waals surface area contributed by atoms with Crippen molar-refractivity contribution in [1.82, 2.24) is 19.9 Å². The highest BCUT2D eigenvalue weighted by atomic mass is 16.2. The maximum atomic E-state index is 14.8. The number of nitrogens with one attached hydrogen (secondary N) is 6. The Morgan fingerprint density at radius 3 is 1.37 bits per heavy atom. The molecule has 0 unspecified atom stereocenters. The van der Waals surface area contributed by atoms with Crippen molar-refractivity contribution in [3.8, 4) is 33.4 Å². The first-order valence-electron chi connectivity index (χ1n) is 31.8. The summed E-state index contributed by atoms with van der Waals surface area (Å²) in [6.07, 6.45) is 10.4. The number of fused-ring (bicyclic) bond motifs is 24. The summed E-state index contributed by atoms with van der Waals surface area (Å²) in [6.45, 7) is 8.73. The molecule has 7 heterocycles. The Kier molecular flexibility index (Phi) is 14.8. The normalized spacial score (nSPS) is 14.9. The van der Waals surface area contributed by atoms with Gasteiger partial charge in [-0.3, -0.25) is 19.2 Å². The van der Waals surface area contributed by atoms with E-state index in [2.05, 4.69) is 83.2 Å². The zero-order valence-electron chi connectivity index (χ0n) is 52.4. The van der Waals surface area contributed by atoms with Gasteiger partial charge in [0.05, 0.1) is 22.8 Å². The minimum Gasteiger partial charge on any atom is -0.355 e. The van der Waals surface area contributed by atoms with Crippen LogP contribution in [0.25, 0.3) is 79.8 Å². The van der Waals surface area contributed by atoms with Crippen LogP contribution in [0.15, 0.2) is 218 Å². The first kappa shape index (κ1) is 58.6. The summed E-state index contributed by atoms with van der Waals surface area (Å²) in [5.41, 5.74) is 19.3. The van der Waals surface area contributed by atoms with E-state index in [4.69, 9.17) is 9.97 Å². The molecule has 0 saturated carbocycles. The van der Waals surface area contributed by atoms with Crippen LogP contribution >= 0.6 is 0 Å². The molecule has 22 bridgehead atoms. The third-order valence-corrected chi connectivity index (χ3v) is 18.3. The van der Waals surface area contributed by atoms with Gasteiger partial charge in [-0.2, -0.15) is 0 Å². The molecule has 0 aliphatic carbocycles. The molecule has 12 heteroatoms. The summed E-state index contributed by atoms with van der Waals surface area (Å²) in [7, 11) is 0. The van der Waals surface area contributed by atoms with Crippen molar-refractivity contribution in [2.45, 2.75) is 58.8 Å². The van der Waals surface area contributed by atoms with Crippen molar-refractivity contribution in [3.05, 3.63) is 297 Å². The van der Waals surface area contributed by atoms with Gasteiger partial charge in [0.1, 0.15) is 0 Å². The molecule has 4 aliphatic rings. The molecule has 0 saturated heterocycles. The number of para-hydroxylation sites is 3. The van der Waals surface area contributed by atoms with Crippen LogP contribution < -0.4 is 21.3 Å². The molecule has 0 atom stereocenters. The third kappa shape index (κ3) is 11.6. The van der Waals surface area contributed by atoms with Gasteiger partial charge in [0.15, 0.2) is 0 Å². The highest BCUT2D eigenvalue weighted by Crippen LogP contribution is 2.42. The first-order valence-corrected chi connectivity index (χ1v) is 31.8. The molecular weight excluding hydrogens is 1160 g/mol. The largest absolute Gasteiger partial charge is 0.355 e. The van der Waals surface area contributed by atoms with Gasteiger partial charge < -0.3 is 31.2 Å². The number of anilines is 4. The molecule has 6 N–H and O–H groups in total. The summed E-state index contributed by atoms with van der Waals surface area (Å²) < 4.78 is 0. The van der Waals surface area contributed by atoms with E-state index in [1.807, 2.05) is 218 Å². The summed E-state index contributed by atoms with van der Waals surface area (Å²) in [6, 6.07) is 70.6. The molecule has 3 aromatic heterocycles. The molecule has 0 fully saturated rings. The first-order chi connectivity index (χ1) is 45.6. The van der Waals surface area contributed by atoms with Crippen LogP contribution in [-0.4, -0.2) is 43.6 Å². The Morgan fingerprint density at radius 2 is 0.777 bits per heavy atom. The number of aromatic amines is 2. The third-order valence-electron chi connectivity index (χ3n) is 18.3. The summed E-state index contributed by atoms with van der Waals surface area (Å²) >= 11 is 0. The number of H-pyrrole nitrogens is 2. The number of carbonyl (C=O) groups is 4. The van der Waals surface area contributed by atoms with Crippen molar-refractivity contribution in [3.63, 3.8) is 0 Å². The lowest BCUT2D eigenvalue weighted by molar-refractivity contribution is 0.101. The van der Waals surface area contributed by atoms with Crippen LogP contribution in [-0.2, 0) is 31.1 Å². The number of hydrogen-bond donors (Lipinski definition) is 6. The number of carbonyl (C=O) groups excluding carboxylic acids is 4. The molecule has 4 aliphatic heterocycles. The second-order valence-corrected chi connectivity index (χ2v) is 26.2. The summed E-state index contributed by atoms with van der Waals surface area (Å²) in [4.78, 5) is 77.7. The van der Waals surface area contributed by atoms with Gasteiger partial charge in [-0.05, 0) is 191 Å². The quantitative estimate of drug-likeness (QED) is 0.0881. The SMILES string of the molecule is CC1(C)Cc2cccc(c2)C(=O)Nc2ccccc2-c2c3nc(c4c5ccc([nH]5)c(c5nc(c(c6ccc2[nH]6)-c2ccccc2NC(=O)c2cccc(c2)C1)C=C5)-c1cccc(c1)NC(=O)c1cccc(c1)CC(C)(C)c1cccc(c1)C(=O)Nc1ccccc1C4)C=C3. The van der Waals surface area contributed by atoms with Crippen LogP contribution in [0.5, 0.6) is 0 Å². The van der Waals surface area contributed by atoms with Crippen LogP contribution in [0.1, 0.15) is 125 Å². The van der Waals surface area contributed by atoms with Crippen molar-refractivity contribution in [1.29, 1.82) is 0 Å². The lowest BCUT2D eigenvalue weighted by Crippen LogP contribution is -2.22. The fraction of sp³-hybridized carbons (Fsp3) is 0.122. The van der Waals surface area contributed by atoms with E-state index >= 15 is 0 Å². The van der Waals surface area contributed by atoms with Gasteiger partial charge >= 0.3 is 0 Å². The van der Waals surface area contributed by atoms with Crippen LogP contribution in [0.2, 0.25) is 0 Å². The predicted molar refractivity (Wildman–Crippen MR) is 380 cm³/mol. The predicted octanol–water partition coefficient (Wildman–Crippen LogP) is 18.2. The number of rotatable bonds is 0. The van der Waals surface area contributed by atoms with E-state index in [0.29, 0.717) is 121 Å². The smallest absolute Gasteiger partial charge is 0.255 e. The van der Waals surface area contributed by atoms with E-state index < -0.39 is 5.41 Å². The Hall–Kier alpha value is -11.8. The zero-order valence-corrected chi connectivity index (χ0v) is 52.4. The van der Waals surface area contributed by atoms with Crippen molar-refractivity contribution in [2.75, 3.05) is 21.3 Å². The standard InChI is InChI=1S/C82H66N8O4/c1-81(2)46-49-16-11-22-55(40-49)78(92)89-64-30-9-6-27-60(64)75-70-35-33-67(85-70)62-45-52-19-5-8-29-63(52)88-80(94)57-24-14-25-58(43-57)82(3,4)48-51-18-13-21-54(42-51)77(91)83-59-26-15-20-53(44-59)74(68-34-32-66(62)84-68)69-36-37-71(86-69)76(73-39-38-72(75)87-73)61-28-7-10-31-65(61)90-79(93)56-23-12-17-50(41-56)47-81/h5-44,84,87H,45-48H2,1-4H3,(H,83,91)(H,88,94)(H,89,92)(H,90,93). The number of benzene rings is 8. The lowest BCUT2D eigenvalue weighted by Gasteiger charge is -2.26. The Bertz CT molecular complexity index is 5220. The van der Waals surface area contributed by atoms with Crippen molar-refractivity contribution in [2.24, 2.45) is 5.41 Å². The van der Waals surface area contributed by atoms with E-state index in [9.17, 15) is 19.2 Å². The topological polar surface area (TPSA) is 174 Å². The molecule has 8 aromatic carbocycles. The van der Waals surface area contributed by atoms with Crippen LogP contribution in [0.4, 0.5) is 22.7 Å². The number of nitrogens with zero attached hydrogens (tertiary/aromatic N) is 2. The highest BCUT2D eigenvalue weighted by Gasteiger charge is 2.27. The van der Waals surface area contributed by atoms with Gasteiger partial charge in [-0.1, -0.05) is 143 Å². The Morgan fingerprint density at radius 1 is 0.351 bits per heavy atom. The Balaban J connectivity index is 1.01. The van der Waals surface area contributed by atoms with Crippen molar-refractivity contribution >= 4 is 92.7 Å². The maximum absolute atomic E-state index is 14.8. The maximum Gasteiger partial charge on any atom is 0.255 e. The average Bonchev–Trinajstić information content (AvgIpc) is 1.59. The second kappa shape index (κ2) is 23.8. The second-order valence-electron chi connectivity index (χ2n) is 26.2. The number of amides is 4. The van der Waals surface area contributed by atoms with Crippen molar-refractivity contribution < 1.29 is 19.2 Å². The van der Waals surface area contributed by atoms with Gasteiger partial charge in [0.2, 0.25) is 0 Å². The van der Waals surface area contributed by atoms with E-state index in [1.165, 1.54) is 0 Å². The average molecular weight is 1230 g/mol. The van der Waals surface area contributed by atoms with Gasteiger partial charge in [0, 0.05) is 107 Å². The number of aromatic nitrogens is 4. The van der Waals surface area contributed by atoms with Gasteiger partial charge in [0.25, 0.3) is 23.6 Å². The molecule has 0 spiro atoms. The molecule has 11 aromatic rings. The minimum atomic E-state index is -0.423. The van der Waals surface area contributed by atoms with Crippen LogP contribution in [0, 0.1) is 5.41 Å². The number of hydrogen-bond acceptors (Lipinski definition) is 6. The fourth-order valence-electron chi connectivity index (χ4n) is 13.8. The van der Waals surface area contributed by atoms with Gasteiger partial charge in [-0.15, -0.1) is 0 Å². The van der Waals surface area contributed by atoms with E-state index in [0.717, 1.165) is 61.1 Å². The summed E-state index contributed by atoms with van der Waals surface area (Å²) in [5, 5.41) is 13.2. The van der Waals surface area contributed by atoms with Crippen LogP contribution in [0.3, 0.4) is 0 Å². The lowest BCUT2D eigenvalue weighted by atomic mass is 9.78. The zero-order chi connectivity index (χ0) is 64.2. The monoisotopic (exact) mass is 1230 g/mol. The summed E-state index contributed by atoms with van der Waals surface area (Å²) in [5.74, 6) is -1.03. The fourth-order valence-corrected chi connectivity index (χ4v) is 13.8.